The largest absolute Gasteiger partial charge is 0.290 e. The number of aromatic nitrogens is 5. The zero-order chi connectivity index (χ0) is 17.4. The van der Waals surface area contributed by atoms with Crippen molar-refractivity contribution in [2.24, 2.45) is 7.05 Å². The van der Waals surface area contributed by atoms with Gasteiger partial charge in [0.2, 0.25) is 0 Å². The highest BCUT2D eigenvalue weighted by atomic mass is 15.3. The Bertz CT molecular complexity index is 878. The fraction of sp³-hybridized carbons (Fsp3) is 0.421. The van der Waals surface area contributed by atoms with Gasteiger partial charge in [-0.3, -0.25) is 14.1 Å². The van der Waals surface area contributed by atoms with Gasteiger partial charge in [-0.25, -0.2) is 9.97 Å². The van der Waals surface area contributed by atoms with Crippen LogP contribution in [-0.2, 0) is 13.6 Å². The van der Waals surface area contributed by atoms with Crippen LogP contribution >= 0.6 is 0 Å². The topological polar surface area (TPSA) is 51.8 Å². The van der Waals surface area contributed by atoms with Gasteiger partial charge < -0.3 is 0 Å². The molecule has 3 aromatic rings. The van der Waals surface area contributed by atoms with Crippen LogP contribution in [0, 0.1) is 13.8 Å². The molecule has 0 aliphatic carbocycles. The van der Waals surface area contributed by atoms with E-state index in [1.807, 2.05) is 47.9 Å². The first-order chi connectivity index (χ1) is 12.1. The molecule has 0 N–H and O–H groups in total. The first kappa shape index (κ1) is 16.0. The molecular formula is C19H24N6. The third kappa shape index (κ3) is 2.98. The molecule has 1 aliphatic heterocycles. The molecule has 3 aromatic heterocycles. The quantitative estimate of drug-likeness (QED) is 0.735. The van der Waals surface area contributed by atoms with Crippen molar-refractivity contribution < 1.29 is 0 Å². The number of aryl methyl sites for hydroxylation is 2. The fourth-order valence-corrected chi connectivity index (χ4v) is 3.65. The van der Waals surface area contributed by atoms with Gasteiger partial charge in [-0.1, -0.05) is 6.07 Å². The lowest BCUT2D eigenvalue weighted by molar-refractivity contribution is 0.244. The molecule has 0 spiro atoms. The van der Waals surface area contributed by atoms with Crippen molar-refractivity contribution >= 4 is 0 Å². The number of hydrogen-bond donors (Lipinski definition) is 0. The standard InChI is InChI=1S/C19H24N6/c1-14-16(12-21-23(14)3)13-24-10-5-7-18(24)17-6-4-8-19(22-17)25-11-9-20-15(25)2/h4,6,8-9,11-12,18H,5,7,10,13H2,1-3H3. The summed E-state index contributed by atoms with van der Waals surface area (Å²) in [5, 5.41) is 4.38. The summed E-state index contributed by atoms with van der Waals surface area (Å²) in [6.45, 7) is 6.17. The predicted octanol–water partition coefficient (Wildman–Crippen LogP) is 2.95. The van der Waals surface area contributed by atoms with Crippen LogP contribution in [0.2, 0.25) is 0 Å². The molecule has 0 saturated carbocycles. The highest BCUT2D eigenvalue weighted by molar-refractivity contribution is 5.28. The van der Waals surface area contributed by atoms with E-state index < -0.39 is 0 Å². The van der Waals surface area contributed by atoms with Crippen LogP contribution in [0.25, 0.3) is 5.82 Å². The Labute approximate surface area is 148 Å². The van der Waals surface area contributed by atoms with Crippen molar-refractivity contribution in [3.8, 4) is 5.82 Å². The molecule has 130 valence electrons. The van der Waals surface area contributed by atoms with E-state index in [0.717, 1.165) is 36.8 Å². The summed E-state index contributed by atoms with van der Waals surface area (Å²) in [7, 11) is 2.00. The molecule has 25 heavy (non-hydrogen) atoms. The number of nitrogens with zero attached hydrogens (tertiary/aromatic N) is 6. The monoisotopic (exact) mass is 336 g/mol. The van der Waals surface area contributed by atoms with Crippen LogP contribution < -0.4 is 0 Å². The third-order valence-corrected chi connectivity index (χ3v) is 5.24. The second-order valence-corrected chi connectivity index (χ2v) is 6.77. The molecule has 0 aromatic carbocycles. The normalized spacial score (nSPS) is 18.1. The zero-order valence-electron chi connectivity index (χ0n) is 15.1. The molecular weight excluding hydrogens is 312 g/mol. The van der Waals surface area contributed by atoms with Crippen LogP contribution in [0.15, 0.2) is 36.8 Å². The van der Waals surface area contributed by atoms with Gasteiger partial charge in [0.1, 0.15) is 11.6 Å². The van der Waals surface area contributed by atoms with Crippen LogP contribution in [-0.4, -0.2) is 35.8 Å². The Morgan fingerprint density at radius 2 is 2.12 bits per heavy atom. The van der Waals surface area contributed by atoms with E-state index in [4.69, 9.17) is 4.98 Å². The predicted molar refractivity (Wildman–Crippen MR) is 96.4 cm³/mol. The van der Waals surface area contributed by atoms with Crippen molar-refractivity contribution in [3.05, 3.63) is 59.6 Å². The van der Waals surface area contributed by atoms with E-state index in [2.05, 4.69) is 34.0 Å². The molecule has 4 heterocycles. The summed E-state index contributed by atoms with van der Waals surface area (Å²) in [5.41, 5.74) is 3.68. The third-order valence-electron chi connectivity index (χ3n) is 5.24. The lowest BCUT2D eigenvalue weighted by Gasteiger charge is -2.24. The Balaban J connectivity index is 1.60. The molecule has 1 atom stereocenters. The van der Waals surface area contributed by atoms with Crippen molar-refractivity contribution in [1.82, 2.24) is 29.2 Å². The molecule has 1 aliphatic rings. The Morgan fingerprint density at radius 1 is 1.24 bits per heavy atom. The van der Waals surface area contributed by atoms with Crippen LogP contribution in [0.5, 0.6) is 0 Å². The maximum absolute atomic E-state index is 4.94. The molecule has 0 bridgehead atoms. The lowest BCUT2D eigenvalue weighted by Crippen LogP contribution is -2.24. The van der Waals surface area contributed by atoms with Crippen molar-refractivity contribution in [2.75, 3.05) is 6.54 Å². The molecule has 0 radical (unpaired) electrons. The van der Waals surface area contributed by atoms with Crippen LogP contribution in [0.3, 0.4) is 0 Å². The number of rotatable bonds is 4. The maximum atomic E-state index is 4.94. The minimum absolute atomic E-state index is 0.364. The van der Waals surface area contributed by atoms with Gasteiger partial charge in [0, 0.05) is 37.2 Å². The van der Waals surface area contributed by atoms with Gasteiger partial charge >= 0.3 is 0 Å². The number of hydrogen-bond acceptors (Lipinski definition) is 4. The van der Waals surface area contributed by atoms with E-state index in [0.29, 0.717) is 6.04 Å². The van der Waals surface area contributed by atoms with Gasteiger partial charge in [-0.2, -0.15) is 5.10 Å². The van der Waals surface area contributed by atoms with Gasteiger partial charge in [-0.05, 0) is 45.4 Å². The Kier molecular flexibility index (Phi) is 4.13. The highest BCUT2D eigenvalue weighted by Gasteiger charge is 2.28. The molecule has 1 fully saturated rings. The van der Waals surface area contributed by atoms with Crippen molar-refractivity contribution in [3.63, 3.8) is 0 Å². The summed E-state index contributed by atoms with van der Waals surface area (Å²) in [6, 6.07) is 6.66. The SMILES string of the molecule is Cc1nccn1-c1cccc(C2CCCN2Cc2cnn(C)c2C)n1. The molecule has 4 rings (SSSR count). The van der Waals surface area contributed by atoms with Crippen molar-refractivity contribution in [2.45, 2.75) is 39.3 Å². The molecule has 1 saturated heterocycles. The lowest BCUT2D eigenvalue weighted by atomic mass is 10.1. The van der Waals surface area contributed by atoms with Gasteiger partial charge in [0.05, 0.1) is 17.9 Å². The minimum Gasteiger partial charge on any atom is -0.290 e. The minimum atomic E-state index is 0.364. The maximum Gasteiger partial charge on any atom is 0.138 e. The highest BCUT2D eigenvalue weighted by Crippen LogP contribution is 2.32. The number of imidazole rings is 1. The first-order valence-electron chi connectivity index (χ1n) is 8.82. The van der Waals surface area contributed by atoms with E-state index >= 15 is 0 Å². The van der Waals surface area contributed by atoms with E-state index in [1.54, 1.807) is 0 Å². The van der Waals surface area contributed by atoms with Crippen molar-refractivity contribution in [1.29, 1.82) is 0 Å². The average Bonchev–Trinajstić information content (AvgIpc) is 3.32. The van der Waals surface area contributed by atoms with Crippen LogP contribution in [0.1, 0.15) is 41.7 Å². The summed E-state index contributed by atoms with van der Waals surface area (Å²) < 4.78 is 3.98. The zero-order valence-corrected chi connectivity index (χ0v) is 15.1. The smallest absolute Gasteiger partial charge is 0.138 e. The average molecular weight is 336 g/mol. The summed E-state index contributed by atoms with van der Waals surface area (Å²) in [6.07, 6.45) is 8.13. The Morgan fingerprint density at radius 3 is 2.84 bits per heavy atom. The fourth-order valence-electron chi connectivity index (χ4n) is 3.65. The number of pyridine rings is 1. The van der Waals surface area contributed by atoms with Crippen LogP contribution in [0.4, 0.5) is 0 Å². The molecule has 0 amide bonds. The van der Waals surface area contributed by atoms with Gasteiger partial charge in [0.25, 0.3) is 0 Å². The molecule has 6 nitrogen and oxygen atoms in total. The first-order valence-corrected chi connectivity index (χ1v) is 8.82. The summed E-state index contributed by atoms with van der Waals surface area (Å²) in [5.74, 6) is 1.90. The van der Waals surface area contributed by atoms with Gasteiger partial charge in [-0.15, -0.1) is 0 Å². The Hall–Kier alpha value is -2.47. The molecule has 6 heteroatoms. The second-order valence-electron chi connectivity index (χ2n) is 6.77. The summed E-state index contributed by atoms with van der Waals surface area (Å²) >= 11 is 0. The van der Waals surface area contributed by atoms with E-state index in [-0.39, 0.29) is 0 Å². The van der Waals surface area contributed by atoms with E-state index in [9.17, 15) is 0 Å². The van der Waals surface area contributed by atoms with E-state index in [1.165, 1.54) is 17.7 Å². The second kappa shape index (κ2) is 6.44. The molecule has 1 unspecified atom stereocenters. The number of likely N-dealkylation sites (tertiary alicyclic amines) is 1. The van der Waals surface area contributed by atoms with Gasteiger partial charge in [0.15, 0.2) is 0 Å². The summed E-state index contributed by atoms with van der Waals surface area (Å²) in [4.78, 5) is 11.8.